The molecule has 1 N–H and O–H groups in total. The van der Waals surface area contributed by atoms with Crippen LogP contribution >= 0.6 is 0 Å². The molecular formula is C18H19FN4O2. The zero-order chi connectivity index (χ0) is 17.6. The van der Waals surface area contributed by atoms with Gasteiger partial charge in [0, 0.05) is 24.3 Å². The van der Waals surface area contributed by atoms with E-state index in [-0.39, 0.29) is 17.6 Å². The summed E-state index contributed by atoms with van der Waals surface area (Å²) in [4.78, 5) is 26.4. The van der Waals surface area contributed by atoms with Crippen molar-refractivity contribution in [1.29, 1.82) is 0 Å². The molecule has 6 nitrogen and oxygen atoms in total. The summed E-state index contributed by atoms with van der Waals surface area (Å²) < 4.78 is 15.8. The van der Waals surface area contributed by atoms with E-state index in [1.807, 2.05) is 0 Å². The number of hydrogen-bond donors (Lipinski definition) is 1. The molecule has 7 heteroatoms. The van der Waals surface area contributed by atoms with Crippen molar-refractivity contribution in [3.8, 4) is 5.69 Å². The Balaban J connectivity index is 1.77. The number of fused-ring (bicyclic) bond motifs is 1. The third-order valence-corrected chi connectivity index (χ3v) is 4.97. The van der Waals surface area contributed by atoms with E-state index in [1.165, 1.54) is 6.07 Å². The molecule has 1 unspecified atom stereocenters. The number of benzene rings is 1. The van der Waals surface area contributed by atoms with Gasteiger partial charge in [0.05, 0.1) is 0 Å². The maximum atomic E-state index is 14.2. The first-order valence-electron chi connectivity index (χ1n) is 8.52. The summed E-state index contributed by atoms with van der Waals surface area (Å²) in [6, 6.07) is 5.89. The van der Waals surface area contributed by atoms with Crippen LogP contribution in [0.3, 0.4) is 0 Å². The van der Waals surface area contributed by atoms with E-state index in [0.717, 1.165) is 30.5 Å². The number of halogens is 1. The zero-order valence-electron chi connectivity index (χ0n) is 14.0. The molecule has 130 valence electrons. The van der Waals surface area contributed by atoms with Crippen LogP contribution < -0.4 is 5.32 Å². The molecule has 1 aromatic carbocycles. The molecule has 0 radical (unpaired) electrons. The van der Waals surface area contributed by atoms with E-state index in [2.05, 4.69) is 10.4 Å². The van der Waals surface area contributed by atoms with E-state index in [4.69, 9.17) is 0 Å². The lowest BCUT2D eigenvalue weighted by Gasteiger charge is -2.32. The van der Waals surface area contributed by atoms with Gasteiger partial charge in [-0.25, -0.2) is 9.07 Å². The van der Waals surface area contributed by atoms with Crippen LogP contribution in [0.5, 0.6) is 0 Å². The number of aromatic nitrogens is 2. The number of amides is 2. The van der Waals surface area contributed by atoms with Gasteiger partial charge in [0.25, 0.3) is 5.91 Å². The molecule has 25 heavy (non-hydrogen) atoms. The Morgan fingerprint density at radius 2 is 2.12 bits per heavy atom. The normalized spacial score (nSPS) is 19.7. The second-order valence-electron chi connectivity index (χ2n) is 6.46. The molecule has 2 amide bonds. The molecular weight excluding hydrogens is 323 g/mol. The van der Waals surface area contributed by atoms with Crippen molar-refractivity contribution in [2.75, 3.05) is 13.1 Å². The predicted octanol–water partition coefficient (Wildman–Crippen LogP) is 1.46. The molecule has 2 heterocycles. The van der Waals surface area contributed by atoms with E-state index in [9.17, 15) is 14.0 Å². The van der Waals surface area contributed by atoms with Gasteiger partial charge in [-0.1, -0.05) is 12.1 Å². The fourth-order valence-corrected chi connectivity index (χ4v) is 3.63. The summed E-state index contributed by atoms with van der Waals surface area (Å²) in [6.45, 7) is 2.60. The van der Waals surface area contributed by atoms with E-state index in [1.54, 1.807) is 34.7 Å². The number of carbonyl (C=O) groups is 2. The van der Waals surface area contributed by atoms with Crippen molar-refractivity contribution in [3.63, 3.8) is 0 Å². The maximum absolute atomic E-state index is 14.2. The quantitative estimate of drug-likeness (QED) is 0.898. The molecule has 4 rings (SSSR count). The molecule has 1 atom stereocenters. The summed E-state index contributed by atoms with van der Waals surface area (Å²) in [5.74, 6) is -0.787. The average molecular weight is 342 g/mol. The maximum Gasteiger partial charge on any atom is 0.275 e. The number of rotatable bonds is 2. The van der Waals surface area contributed by atoms with Crippen molar-refractivity contribution in [1.82, 2.24) is 20.0 Å². The number of piperazine rings is 1. The van der Waals surface area contributed by atoms with Crippen LogP contribution in [0.1, 0.15) is 35.1 Å². The molecule has 1 fully saturated rings. The van der Waals surface area contributed by atoms with Crippen molar-refractivity contribution in [2.24, 2.45) is 0 Å². The molecule has 1 aliphatic carbocycles. The monoisotopic (exact) mass is 342 g/mol. The molecule has 0 saturated carbocycles. The Hall–Kier alpha value is -2.70. The first kappa shape index (κ1) is 15.8. The second kappa shape index (κ2) is 5.98. The van der Waals surface area contributed by atoms with Crippen LogP contribution in [0.15, 0.2) is 24.3 Å². The largest absolute Gasteiger partial charge is 0.353 e. The zero-order valence-corrected chi connectivity index (χ0v) is 14.0. The Bertz CT molecular complexity index is 861. The molecule has 2 aliphatic rings. The molecule has 1 aromatic heterocycles. The van der Waals surface area contributed by atoms with Gasteiger partial charge in [-0.05, 0) is 38.3 Å². The van der Waals surface area contributed by atoms with Gasteiger partial charge in [-0.15, -0.1) is 0 Å². The summed E-state index contributed by atoms with van der Waals surface area (Å²) in [7, 11) is 0. The van der Waals surface area contributed by atoms with Crippen molar-refractivity contribution < 1.29 is 14.0 Å². The van der Waals surface area contributed by atoms with Crippen molar-refractivity contribution in [3.05, 3.63) is 47.0 Å². The van der Waals surface area contributed by atoms with Gasteiger partial charge in [-0.2, -0.15) is 5.10 Å². The molecule has 1 saturated heterocycles. The number of carbonyl (C=O) groups excluding carboxylic acids is 2. The summed E-state index contributed by atoms with van der Waals surface area (Å²) in [5.41, 5.74) is 2.47. The Kier molecular flexibility index (Phi) is 3.78. The fraction of sp³-hybridized carbons (Fsp3) is 0.389. The van der Waals surface area contributed by atoms with Gasteiger partial charge >= 0.3 is 0 Å². The topological polar surface area (TPSA) is 67.2 Å². The lowest BCUT2D eigenvalue weighted by molar-refractivity contribution is -0.127. The van der Waals surface area contributed by atoms with Gasteiger partial charge in [-0.3, -0.25) is 9.59 Å². The second-order valence-corrected chi connectivity index (χ2v) is 6.46. The highest BCUT2D eigenvalue weighted by atomic mass is 19.1. The number of nitrogens with one attached hydrogen (secondary N) is 1. The molecule has 0 spiro atoms. The van der Waals surface area contributed by atoms with E-state index in [0.29, 0.717) is 24.5 Å². The van der Waals surface area contributed by atoms with Crippen LogP contribution in [-0.4, -0.2) is 45.6 Å². The number of para-hydroxylation sites is 1. The highest BCUT2D eigenvalue weighted by molar-refractivity contribution is 5.98. The van der Waals surface area contributed by atoms with Crippen LogP contribution in [-0.2, 0) is 17.6 Å². The van der Waals surface area contributed by atoms with Crippen LogP contribution in [0.2, 0.25) is 0 Å². The fourth-order valence-electron chi connectivity index (χ4n) is 3.63. The lowest BCUT2D eigenvalue weighted by atomic mass is 10.1. The summed E-state index contributed by atoms with van der Waals surface area (Å²) in [6.07, 6.45) is 2.43. The van der Waals surface area contributed by atoms with Crippen LogP contribution in [0.25, 0.3) is 5.69 Å². The first-order valence-corrected chi connectivity index (χ1v) is 8.52. The van der Waals surface area contributed by atoms with Gasteiger partial charge < -0.3 is 10.2 Å². The van der Waals surface area contributed by atoms with Gasteiger partial charge in [0.2, 0.25) is 5.91 Å². The third-order valence-electron chi connectivity index (χ3n) is 4.97. The number of hydrogen-bond acceptors (Lipinski definition) is 3. The Morgan fingerprint density at radius 3 is 2.92 bits per heavy atom. The minimum Gasteiger partial charge on any atom is -0.353 e. The van der Waals surface area contributed by atoms with Gasteiger partial charge in [0.15, 0.2) is 5.69 Å². The Morgan fingerprint density at radius 1 is 1.32 bits per heavy atom. The predicted molar refractivity (Wildman–Crippen MR) is 89.1 cm³/mol. The van der Waals surface area contributed by atoms with Crippen LogP contribution in [0.4, 0.5) is 4.39 Å². The van der Waals surface area contributed by atoms with Crippen molar-refractivity contribution >= 4 is 11.8 Å². The molecule has 1 aliphatic heterocycles. The Labute approximate surface area is 144 Å². The third kappa shape index (κ3) is 2.50. The highest BCUT2D eigenvalue weighted by Crippen LogP contribution is 2.29. The summed E-state index contributed by atoms with van der Waals surface area (Å²) in [5, 5.41) is 7.20. The van der Waals surface area contributed by atoms with E-state index < -0.39 is 6.04 Å². The number of nitrogens with zero attached hydrogens (tertiary/aromatic N) is 3. The first-order chi connectivity index (χ1) is 12.1. The summed E-state index contributed by atoms with van der Waals surface area (Å²) >= 11 is 0. The van der Waals surface area contributed by atoms with Gasteiger partial charge in [0.1, 0.15) is 17.5 Å². The lowest BCUT2D eigenvalue weighted by Crippen LogP contribution is -2.56. The standard InChI is InChI=1S/C18H19FN4O2/c1-11-17(24)20-9-10-22(11)18(25)16-12-5-4-8-14(12)23(21-16)15-7-3-2-6-13(15)19/h2-3,6-7,11H,4-5,8-10H2,1H3,(H,20,24). The van der Waals surface area contributed by atoms with E-state index >= 15 is 0 Å². The van der Waals surface area contributed by atoms with Crippen molar-refractivity contribution in [2.45, 2.75) is 32.2 Å². The minimum atomic E-state index is -0.531. The molecule has 0 bridgehead atoms. The smallest absolute Gasteiger partial charge is 0.275 e. The van der Waals surface area contributed by atoms with Crippen LogP contribution in [0, 0.1) is 5.82 Å². The molecule has 2 aromatic rings. The average Bonchev–Trinajstić information content (AvgIpc) is 3.20. The minimum absolute atomic E-state index is 0.162. The highest BCUT2D eigenvalue weighted by Gasteiger charge is 2.35. The SMILES string of the molecule is CC1C(=O)NCCN1C(=O)c1nn(-c2ccccc2F)c2c1CCC2.